The van der Waals surface area contributed by atoms with E-state index in [-0.39, 0.29) is 0 Å². The summed E-state index contributed by atoms with van der Waals surface area (Å²) in [5.41, 5.74) is 20.2. The van der Waals surface area contributed by atoms with E-state index in [1.807, 2.05) is 218 Å². The molecule has 20 aromatic rings. The van der Waals surface area contributed by atoms with Crippen LogP contribution in [0.25, 0.3) is 138 Å². The third-order valence-corrected chi connectivity index (χ3v) is 22.9. The highest BCUT2D eigenvalue weighted by Gasteiger charge is 2.21. The molecule has 23 heteroatoms. The van der Waals surface area contributed by atoms with Crippen molar-refractivity contribution in [2.45, 2.75) is 0 Å². The first-order valence-corrected chi connectivity index (χ1v) is 41.2. The average Bonchev–Trinajstić information content (AvgIpc) is 1.67. The number of halogens is 3. The molecule has 548 valence electrons. The van der Waals surface area contributed by atoms with Crippen LogP contribution in [-0.4, -0.2) is 73.8 Å². The molecule has 0 saturated carbocycles. The second-order valence-corrected chi connectivity index (χ2v) is 32.4. The van der Waals surface area contributed by atoms with Crippen LogP contribution < -0.4 is 0 Å². The van der Waals surface area contributed by atoms with Crippen LogP contribution in [-0.2, 0) is 0 Å². The smallest absolute Gasteiger partial charge is 0.169 e. The third-order valence-electron chi connectivity index (χ3n) is 17.4. The summed E-state index contributed by atoms with van der Waals surface area (Å²) in [6, 6.07) is 102. The lowest BCUT2D eigenvalue weighted by molar-refractivity contribution is 0.551. The first kappa shape index (κ1) is 74.5. The van der Waals surface area contributed by atoms with E-state index in [4.69, 9.17) is 29.9 Å². The second-order valence-electron chi connectivity index (χ2n) is 24.8. The van der Waals surface area contributed by atoms with Crippen LogP contribution >= 0.6 is 93.1 Å². The summed E-state index contributed by atoms with van der Waals surface area (Å²) in [6.07, 6.45) is 18.0. The number of hydrogen-bond acceptors (Lipinski definition) is 15. The van der Waals surface area contributed by atoms with Crippen molar-refractivity contribution in [3.05, 3.63) is 388 Å². The zero-order valence-corrected chi connectivity index (χ0v) is 67.7. The van der Waals surface area contributed by atoms with Gasteiger partial charge in [-0.3, -0.25) is 24.9 Å². The lowest BCUT2D eigenvalue weighted by atomic mass is 10.2. The van der Waals surface area contributed by atoms with Gasteiger partial charge in [0.2, 0.25) is 0 Å². The Hall–Kier alpha value is -12.6. The minimum absolute atomic E-state index is 0.691. The molecule has 15 aromatic heterocycles. The molecule has 0 aliphatic heterocycles. The Morgan fingerprint density at radius 1 is 0.248 bits per heavy atom. The van der Waals surface area contributed by atoms with Gasteiger partial charge < -0.3 is 4.42 Å². The van der Waals surface area contributed by atoms with Crippen LogP contribution in [0.5, 0.6) is 0 Å². The first-order chi connectivity index (χ1) is 55.8. The SMILES string of the molecule is Brc1ccc(-c2cc(-c3cccnc3)nn2-c2ccccc2)o1.Brc1ccc(-c2cc(-c3cccnc3)nn2-c2ccccc2)s1.Brc1ccc(-c2cc(-c3ccncc3)nn2-c2ccccc2)s1.c1ccc(-n2nc(-c3cccnc3)cc2-c2cccs2)cc1.c1ccc(-n2nc(-c3ccncc3)cc2-c2cccs2)cc1. The molecule has 0 unspecified atom stereocenters. The number of thiophene rings is 4. The molecule has 0 bridgehead atoms. The molecule has 0 N–H and O–H groups in total. The van der Waals surface area contributed by atoms with Crippen LogP contribution in [0.3, 0.4) is 0 Å². The molecular formula is C90H62Br3N15OS4. The number of aromatic nitrogens is 15. The molecule has 20 rings (SSSR count). The van der Waals surface area contributed by atoms with Gasteiger partial charge in [-0.1, -0.05) is 103 Å². The van der Waals surface area contributed by atoms with Gasteiger partial charge in [0.05, 0.1) is 107 Å². The largest absolute Gasteiger partial charge is 0.448 e. The molecule has 0 radical (unpaired) electrons. The Labute approximate surface area is 692 Å². The molecule has 15 heterocycles. The average molecular weight is 1740 g/mol. The normalized spacial score (nSPS) is 10.8. The van der Waals surface area contributed by atoms with Gasteiger partial charge in [-0.25, -0.2) is 23.4 Å². The molecule has 0 amide bonds. The van der Waals surface area contributed by atoms with Crippen molar-refractivity contribution in [3.8, 4) is 138 Å². The van der Waals surface area contributed by atoms with E-state index in [0.29, 0.717) is 4.67 Å². The molecule has 16 nitrogen and oxygen atoms in total. The van der Waals surface area contributed by atoms with Crippen molar-refractivity contribution in [1.29, 1.82) is 0 Å². The second kappa shape index (κ2) is 36.1. The van der Waals surface area contributed by atoms with Gasteiger partial charge in [-0.15, -0.1) is 45.3 Å². The van der Waals surface area contributed by atoms with E-state index in [9.17, 15) is 0 Å². The maximum absolute atomic E-state index is 5.72. The Morgan fingerprint density at radius 2 is 0.558 bits per heavy atom. The van der Waals surface area contributed by atoms with Gasteiger partial charge in [0.15, 0.2) is 10.4 Å². The summed E-state index contributed by atoms with van der Waals surface area (Å²) >= 11 is 17.3. The Morgan fingerprint density at radius 3 is 0.832 bits per heavy atom. The number of hydrogen-bond donors (Lipinski definition) is 0. The minimum Gasteiger partial charge on any atom is -0.448 e. The fourth-order valence-electron chi connectivity index (χ4n) is 12.1. The summed E-state index contributed by atoms with van der Waals surface area (Å²) in [7, 11) is 0. The highest BCUT2D eigenvalue weighted by Crippen LogP contribution is 2.39. The molecule has 5 aromatic carbocycles. The standard InChI is InChI=1S/C18H12BrN3O.2C18H12BrN3S.2C18H13N3S/c2*19-18-9-8-17(23-18)16-11-15(13-5-4-10-20-12-13)21-22(16)14-6-2-1-3-7-14;19-18-7-6-17(23-18)16-12-15(13-8-10-20-11-9-13)21-22(16)14-4-2-1-3-5-14;1-2-7-15(8-3-1)21-17(18-9-5-11-22-18)12-16(20-21)14-6-4-10-19-13-14;1-2-5-15(6-3-1)21-17(18-7-4-12-22-18)13-16(20-21)14-8-10-19-11-9-14/h3*1-12H;2*1-13H. The van der Waals surface area contributed by atoms with Gasteiger partial charge in [0, 0.05) is 89.8 Å². The van der Waals surface area contributed by atoms with E-state index in [1.54, 1.807) is 94.9 Å². The van der Waals surface area contributed by atoms with Crippen LogP contribution in [0.1, 0.15) is 0 Å². The summed E-state index contributed by atoms with van der Waals surface area (Å²) in [5, 5.41) is 28.1. The molecule has 0 spiro atoms. The van der Waals surface area contributed by atoms with Gasteiger partial charge in [0.1, 0.15) is 5.69 Å². The number of furan rings is 1. The predicted molar refractivity (Wildman–Crippen MR) is 468 cm³/mol. The highest BCUT2D eigenvalue weighted by molar-refractivity contribution is 9.11. The van der Waals surface area contributed by atoms with E-state index in [1.165, 1.54) is 19.5 Å². The lowest BCUT2D eigenvalue weighted by Crippen LogP contribution is -1.98. The number of benzene rings is 5. The monoisotopic (exact) mass is 1730 g/mol. The van der Waals surface area contributed by atoms with Crippen LogP contribution in [0.2, 0.25) is 0 Å². The molecule has 0 fully saturated rings. The predicted octanol–water partition coefficient (Wildman–Crippen LogP) is 25.1. The lowest BCUT2D eigenvalue weighted by Gasteiger charge is -2.05. The summed E-state index contributed by atoms with van der Waals surface area (Å²) in [5.74, 6) is 0.753. The fourth-order valence-corrected chi connectivity index (χ4v) is 16.6. The molecule has 0 aliphatic rings. The van der Waals surface area contributed by atoms with Gasteiger partial charge >= 0.3 is 0 Å². The number of nitrogens with zero attached hydrogens (tertiary/aromatic N) is 15. The maximum Gasteiger partial charge on any atom is 0.169 e. The zero-order valence-electron chi connectivity index (χ0n) is 59.7. The van der Waals surface area contributed by atoms with Crippen molar-refractivity contribution < 1.29 is 4.42 Å². The van der Waals surface area contributed by atoms with Crippen molar-refractivity contribution in [2.75, 3.05) is 0 Å². The Kier molecular flexibility index (Phi) is 23.8. The van der Waals surface area contributed by atoms with E-state index in [2.05, 4.69) is 205 Å². The number of para-hydroxylation sites is 5. The van der Waals surface area contributed by atoms with Crippen molar-refractivity contribution in [2.24, 2.45) is 0 Å². The molecule has 0 atom stereocenters. The molecule has 113 heavy (non-hydrogen) atoms. The quantitative estimate of drug-likeness (QED) is 0.0958. The number of pyridine rings is 5. The van der Waals surface area contributed by atoms with Gasteiger partial charge in [-0.05, 0) is 259 Å². The molecule has 0 aliphatic carbocycles. The molecule has 0 saturated heterocycles. The van der Waals surface area contributed by atoms with Crippen LogP contribution in [0, 0.1) is 0 Å². The minimum atomic E-state index is 0.691. The van der Waals surface area contributed by atoms with Gasteiger partial charge in [-0.2, -0.15) is 25.5 Å². The van der Waals surface area contributed by atoms with Crippen molar-refractivity contribution in [1.82, 2.24) is 73.8 Å². The summed E-state index contributed by atoms with van der Waals surface area (Å²) < 4.78 is 18.5. The number of rotatable bonds is 15. The molecular weight excluding hydrogens is 1680 g/mol. The zero-order chi connectivity index (χ0) is 76.5. The van der Waals surface area contributed by atoms with Crippen molar-refractivity contribution in [3.63, 3.8) is 0 Å². The first-order valence-electron chi connectivity index (χ1n) is 35.4. The summed E-state index contributed by atoms with van der Waals surface area (Å²) in [6.45, 7) is 0. The third kappa shape index (κ3) is 18.1. The maximum atomic E-state index is 5.72. The Bertz CT molecular complexity index is 5800. The fraction of sp³-hybridized carbons (Fsp3) is 0. The van der Waals surface area contributed by atoms with E-state index >= 15 is 0 Å². The van der Waals surface area contributed by atoms with E-state index in [0.717, 1.165) is 127 Å². The highest BCUT2D eigenvalue weighted by atomic mass is 79.9. The Balaban J connectivity index is 0.000000107. The van der Waals surface area contributed by atoms with Crippen LogP contribution in [0.4, 0.5) is 0 Å². The summed E-state index contributed by atoms with van der Waals surface area (Å²) in [4.78, 5) is 25.5. The van der Waals surface area contributed by atoms with E-state index < -0.39 is 0 Å². The van der Waals surface area contributed by atoms with Gasteiger partial charge in [0.25, 0.3) is 0 Å². The van der Waals surface area contributed by atoms with Crippen molar-refractivity contribution >= 4 is 93.1 Å². The van der Waals surface area contributed by atoms with Crippen LogP contribution in [0.15, 0.2) is 393 Å². The topological polar surface area (TPSA) is 167 Å².